The molecule has 9 heteroatoms. The van der Waals surface area contributed by atoms with E-state index < -0.39 is 24.3 Å². The Morgan fingerprint density at radius 1 is 1.11 bits per heavy atom. The van der Waals surface area contributed by atoms with Crippen molar-refractivity contribution in [1.29, 1.82) is 0 Å². The van der Waals surface area contributed by atoms with Gasteiger partial charge < -0.3 is 4.84 Å². The van der Waals surface area contributed by atoms with Crippen molar-refractivity contribution in [3.63, 3.8) is 0 Å². The second-order valence-corrected chi connectivity index (χ2v) is 7.26. The third-order valence-corrected chi connectivity index (χ3v) is 5.52. The summed E-state index contributed by atoms with van der Waals surface area (Å²) in [6.07, 6.45) is 1.25. The molecular weight excluding hydrogens is 370 g/mol. The molecule has 0 radical (unpaired) electrons. The fourth-order valence-corrected chi connectivity index (χ4v) is 3.89. The molecule has 3 aromatic rings. The van der Waals surface area contributed by atoms with Gasteiger partial charge >= 0.3 is 5.97 Å². The summed E-state index contributed by atoms with van der Waals surface area (Å²) >= 11 is 1.40. The molecule has 0 unspecified atom stereocenters. The summed E-state index contributed by atoms with van der Waals surface area (Å²) in [5, 5.41) is 0.873. The Bertz CT molecular complexity index is 1160. The normalized spacial score (nSPS) is 13.3. The molecule has 0 spiro atoms. The lowest BCUT2D eigenvalue weighted by Gasteiger charge is -2.13. The highest BCUT2D eigenvalue weighted by molar-refractivity contribution is 7.18. The molecule has 27 heavy (non-hydrogen) atoms. The molecule has 0 N–H and O–H groups in total. The molecule has 0 atom stereocenters. The number of amides is 2. The van der Waals surface area contributed by atoms with E-state index in [2.05, 4.69) is 4.98 Å². The number of imide groups is 1. The van der Waals surface area contributed by atoms with Crippen LogP contribution in [0.25, 0.3) is 10.2 Å². The lowest BCUT2D eigenvalue weighted by atomic mass is 10.1. The Morgan fingerprint density at radius 3 is 2.37 bits per heavy atom. The first-order chi connectivity index (χ1) is 12.9. The molecule has 136 valence electrons. The van der Waals surface area contributed by atoms with Gasteiger partial charge in [-0.25, -0.2) is 9.78 Å². The molecule has 4 rings (SSSR count). The molecule has 0 fully saturated rings. The van der Waals surface area contributed by atoms with E-state index in [9.17, 15) is 19.2 Å². The predicted molar refractivity (Wildman–Crippen MR) is 96.4 cm³/mol. The molecule has 2 aromatic heterocycles. The number of hydrogen-bond acceptors (Lipinski definition) is 7. The van der Waals surface area contributed by atoms with Crippen LogP contribution in [-0.4, -0.2) is 32.4 Å². The van der Waals surface area contributed by atoms with Crippen LogP contribution in [0.2, 0.25) is 0 Å². The summed E-state index contributed by atoms with van der Waals surface area (Å²) in [5.41, 5.74) is 0.775. The van der Waals surface area contributed by atoms with Gasteiger partial charge in [0.15, 0.2) is 0 Å². The molecule has 1 aromatic carbocycles. The van der Waals surface area contributed by atoms with Crippen molar-refractivity contribution in [3.8, 4) is 0 Å². The van der Waals surface area contributed by atoms with E-state index in [1.54, 1.807) is 12.1 Å². The van der Waals surface area contributed by atoms with Crippen molar-refractivity contribution in [2.45, 2.75) is 20.4 Å². The number of hydroxylamine groups is 2. The van der Waals surface area contributed by atoms with Crippen molar-refractivity contribution < 1.29 is 19.2 Å². The lowest BCUT2D eigenvalue weighted by Crippen LogP contribution is -2.35. The predicted octanol–water partition coefficient (Wildman–Crippen LogP) is 1.83. The Hall–Kier alpha value is -3.33. The fourth-order valence-electron chi connectivity index (χ4n) is 2.90. The summed E-state index contributed by atoms with van der Waals surface area (Å²) in [6, 6.07) is 6.18. The van der Waals surface area contributed by atoms with Gasteiger partial charge in [0.25, 0.3) is 17.4 Å². The molecule has 1 aliphatic heterocycles. The fraction of sp³-hybridized carbons (Fsp3) is 0.167. The van der Waals surface area contributed by atoms with E-state index in [1.807, 2.05) is 13.8 Å². The number of carbonyl (C=O) groups excluding carboxylic acids is 3. The van der Waals surface area contributed by atoms with Gasteiger partial charge in [-0.05, 0) is 31.5 Å². The molecule has 0 bridgehead atoms. The average molecular weight is 383 g/mol. The average Bonchev–Trinajstić information content (AvgIpc) is 3.07. The Morgan fingerprint density at radius 2 is 1.74 bits per heavy atom. The summed E-state index contributed by atoms with van der Waals surface area (Å²) in [4.78, 5) is 60.0. The summed E-state index contributed by atoms with van der Waals surface area (Å²) in [6.45, 7) is 3.24. The number of aromatic nitrogens is 2. The van der Waals surface area contributed by atoms with Gasteiger partial charge in [0, 0.05) is 4.88 Å². The highest BCUT2D eigenvalue weighted by Gasteiger charge is 2.38. The first-order valence-electron chi connectivity index (χ1n) is 8.02. The van der Waals surface area contributed by atoms with Crippen molar-refractivity contribution in [2.75, 3.05) is 0 Å². The van der Waals surface area contributed by atoms with Gasteiger partial charge in [-0.1, -0.05) is 17.2 Å². The minimum absolute atomic E-state index is 0.167. The van der Waals surface area contributed by atoms with E-state index in [0.29, 0.717) is 15.3 Å². The molecule has 0 saturated carbocycles. The summed E-state index contributed by atoms with van der Waals surface area (Å²) in [7, 11) is 0. The van der Waals surface area contributed by atoms with E-state index in [4.69, 9.17) is 4.84 Å². The molecule has 0 aliphatic carbocycles. The second-order valence-electron chi connectivity index (χ2n) is 6.05. The highest BCUT2D eigenvalue weighted by Crippen LogP contribution is 2.25. The summed E-state index contributed by atoms with van der Waals surface area (Å²) in [5.74, 6) is -2.35. The van der Waals surface area contributed by atoms with Crippen LogP contribution in [0.15, 0.2) is 35.4 Å². The van der Waals surface area contributed by atoms with Crippen LogP contribution in [0, 0.1) is 13.8 Å². The van der Waals surface area contributed by atoms with Crippen LogP contribution >= 0.6 is 11.3 Å². The quantitative estimate of drug-likeness (QED) is 0.640. The number of benzene rings is 1. The third kappa shape index (κ3) is 2.63. The zero-order valence-corrected chi connectivity index (χ0v) is 15.2. The van der Waals surface area contributed by atoms with Gasteiger partial charge in [-0.3, -0.25) is 19.0 Å². The zero-order chi connectivity index (χ0) is 19.3. The second kappa shape index (κ2) is 6.13. The van der Waals surface area contributed by atoms with Crippen LogP contribution in [0.3, 0.4) is 0 Å². The van der Waals surface area contributed by atoms with Crippen LogP contribution in [0.5, 0.6) is 0 Å². The number of fused-ring (bicyclic) bond motifs is 2. The standard InChI is InChI=1S/C18H13N3O5S/c1-9-10(2)27-15-14(9)18(25)20(8-19-15)7-13(22)26-21-16(23)11-5-3-4-6-12(11)17(21)24/h3-6,8H,7H2,1-2H3. The molecular formula is C18H13N3O5S. The number of nitrogens with zero attached hydrogens (tertiary/aromatic N) is 3. The van der Waals surface area contributed by atoms with Crippen molar-refractivity contribution in [1.82, 2.24) is 14.6 Å². The van der Waals surface area contributed by atoms with Crippen molar-refractivity contribution in [2.24, 2.45) is 0 Å². The third-order valence-electron chi connectivity index (χ3n) is 4.41. The topological polar surface area (TPSA) is 98.6 Å². The largest absolute Gasteiger partial charge is 0.352 e. The first kappa shape index (κ1) is 17.1. The van der Waals surface area contributed by atoms with Crippen molar-refractivity contribution >= 4 is 39.3 Å². The van der Waals surface area contributed by atoms with Crippen LogP contribution in [0.1, 0.15) is 31.2 Å². The first-order valence-corrected chi connectivity index (χ1v) is 8.84. The van der Waals surface area contributed by atoms with E-state index in [0.717, 1.165) is 15.0 Å². The minimum atomic E-state index is -0.919. The number of carbonyl (C=O) groups is 3. The molecule has 2 amide bonds. The van der Waals surface area contributed by atoms with Crippen LogP contribution in [0.4, 0.5) is 0 Å². The number of aryl methyl sites for hydroxylation is 2. The Balaban J connectivity index is 1.58. The van der Waals surface area contributed by atoms with Crippen molar-refractivity contribution in [3.05, 3.63) is 62.5 Å². The van der Waals surface area contributed by atoms with Gasteiger partial charge in [0.1, 0.15) is 11.4 Å². The number of rotatable bonds is 3. The zero-order valence-electron chi connectivity index (χ0n) is 14.4. The molecule has 8 nitrogen and oxygen atoms in total. The Labute approximate surface area is 156 Å². The van der Waals surface area contributed by atoms with E-state index in [1.165, 1.54) is 29.8 Å². The maximum Gasteiger partial charge on any atom is 0.352 e. The molecule has 0 saturated heterocycles. The van der Waals surface area contributed by atoms with E-state index >= 15 is 0 Å². The SMILES string of the molecule is Cc1sc2ncn(CC(=O)ON3C(=O)c4ccccc4C3=O)c(=O)c2c1C. The van der Waals surface area contributed by atoms with Gasteiger partial charge in [-0.2, -0.15) is 0 Å². The Kier molecular flexibility index (Phi) is 3.88. The summed E-state index contributed by atoms with van der Waals surface area (Å²) < 4.78 is 1.10. The van der Waals surface area contributed by atoms with Crippen LogP contribution < -0.4 is 5.56 Å². The highest BCUT2D eigenvalue weighted by atomic mass is 32.1. The monoisotopic (exact) mass is 383 g/mol. The van der Waals surface area contributed by atoms with Gasteiger partial charge in [0.2, 0.25) is 0 Å². The number of hydrogen-bond donors (Lipinski definition) is 0. The van der Waals surface area contributed by atoms with Gasteiger partial charge in [0.05, 0.1) is 22.8 Å². The van der Waals surface area contributed by atoms with Crippen LogP contribution in [-0.2, 0) is 16.2 Å². The minimum Gasteiger partial charge on any atom is -0.328 e. The van der Waals surface area contributed by atoms with E-state index in [-0.39, 0.29) is 16.7 Å². The maximum atomic E-state index is 12.6. The maximum absolute atomic E-state index is 12.6. The molecule has 1 aliphatic rings. The smallest absolute Gasteiger partial charge is 0.328 e. The number of thiophene rings is 1. The van der Waals surface area contributed by atoms with Gasteiger partial charge in [-0.15, -0.1) is 11.3 Å². The lowest BCUT2D eigenvalue weighted by molar-refractivity contribution is -0.169. The molecule has 3 heterocycles.